The Labute approximate surface area is 161 Å². The molecular weight excluding hydrogens is 356 g/mol. The molecule has 2 amide bonds. The number of hydrogen-bond acceptors (Lipinski definition) is 4. The van der Waals surface area contributed by atoms with Gasteiger partial charge < -0.3 is 0 Å². The largest absolute Gasteiger partial charge is 0.296 e. The van der Waals surface area contributed by atoms with Gasteiger partial charge in [0, 0.05) is 18.3 Å². The number of anilines is 1. The Morgan fingerprint density at radius 1 is 1.18 bits per heavy atom. The van der Waals surface area contributed by atoms with Gasteiger partial charge in [-0.1, -0.05) is 12.1 Å². The zero-order chi connectivity index (χ0) is 19.3. The maximum Gasteiger partial charge on any atom is 0.274 e. The van der Waals surface area contributed by atoms with Crippen LogP contribution in [0.5, 0.6) is 0 Å². The highest BCUT2D eigenvalue weighted by atomic mass is 16.5. The van der Waals surface area contributed by atoms with E-state index in [0.29, 0.717) is 18.5 Å². The lowest BCUT2D eigenvalue weighted by Gasteiger charge is -2.33. The highest BCUT2D eigenvalue weighted by Crippen LogP contribution is 2.45. The quantitative estimate of drug-likeness (QED) is 0.531. The Morgan fingerprint density at radius 3 is 2.93 bits per heavy atom. The van der Waals surface area contributed by atoms with Crippen molar-refractivity contribution in [1.82, 2.24) is 14.9 Å². The number of benzene rings is 1. The van der Waals surface area contributed by atoms with Crippen LogP contribution in [0.2, 0.25) is 0 Å². The van der Waals surface area contributed by atoms with Crippen LogP contribution >= 0.6 is 0 Å². The third-order valence-corrected chi connectivity index (χ3v) is 6.16. The van der Waals surface area contributed by atoms with Crippen LogP contribution in [0.1, 0.15) is 34.3 Å². The van der Waals surface area contributed by atoms with E-state index in [2.05, 4.69) is 4.98 Å². The molecule has 1 saturated heterocycles. The van der Waals surface area contributed by atoms with E-state index in [1.165, 1.54) is 5.56 Å². The van der Waals surface area contributed by atoms with E-state index in [0.717, 1.165) is 36.3 Å². The summed E-state index contributed by atoms with van der Waals surface area (Å²) in [5, 5.41) is 8.90. The smallest absolute Gasteiger partial charge is 0.274 e. The Balaban J connectivity index is 1.47. The summed E-state index contributed by atoms with van der Waals surface area (Å²) in [5.74, 6) is 0.394. The number of hydrogen-bond donors (Lipinski definition) is 2. The summed E-state index contributed by atoms with van der Waals surface area (Å²) in [6, 6.07) is 11.2. The number of amides is 2. The van der Waals surface area contributed by atoms with E-state index < -0.39 is 11.3 Å². The van der Waals surface area contributed by atoms with Crippen molar-refractivity contribution in [2.45, 2.75) is 25.7 Å². The minimum absolute atomic E-state index is 0.126. The number of aryl methyl sites for hydroxylation is 1. The molecule has 3 aromatic rings. The maximum atomic E-state index is 13.5. The summed E-state index contributed by atoms with van der Waals surface area (Å²) in [4.78, 5) is 31.5. The number of pyridine rings is 1. The first-order chi connectivity index (χ1) is 13.6. The second-order valence-electron chi connectivity index (χ2n) is 7.63. The summed E-state index contributed by atoms with van der Waals surface area (Å²) in [6.45, 7) is 0.660. The van der Waals surface area contributed by atoms with Gasteiger partial charge in [-0.2, -0.15) is 0 Å². The minimum atomic E-state index is -0.535. The molecule has 1 aliphatic carbocycles. The van der Waals surface area contributed by atoms with Crippen molar-refractivity contribution in [3.63, 3.8) is 0 Å². The third-order valence-electron chi connectivity index (χ3n) is 6.16. The number of nitrogens with zero attached hydrogens (tertiary/aromatic N) is 3. The van der Waals surface area contributed by atoms with E-state index in [9.17, 15) is 9.59 Å². The normalized spacial score (nSPS) is 21.3. The molecular formula is C21H20N4O3. The number of hydroxylamine groups is 1. The third kappa shape index (κ3) is 2.43. The molecule has 0 bridgehead atoms. The van der Waals surface area contributed by atoms with Crippen molar-refractivity contribution in [3.05, 3.63) is 65.5 Å². The number of rotatable bonds is 2. The minimum Gasteiger partial charge on any atom is -0.296 e. The van der Waals surface area contributed by atoms with Gasteiger partial charge in [-0.05, 0) is 61.1 Å². The van der Waals surface area contributed by atoms with E-state index in [1.807, 2.05) is 39.8 Å². The topological polar surface area (TPSA) is 86.9 Å². The lowest BCUT2D eigenvalue weighted by atomic mass is 9.70. The predicted molar refractivity (Wildman–Crippen MR) is 102 cm³/mol. The maximum absolute atomic E-state index is 13.5. The second-order valence-corrected chi connectivity index (χ2v) is 7.63. The molecule has 1 spiro atoms. The van der Waals surface area contributed by atoms with E-state index in [4.69, 9.17) is 5.21 Å². The van der Waals surface area contributed by atoms with Gasteiger partial charge in [-0.3, -0.25) is 24.1 Å². The molecule has 1 aliphatic heterocycles. The first-order valence-corrected chi connectivity index (χ1v) is 9.42. The van der Waals surface area contributed by atoms with Crippen LogP contribution in [-0.4, -0.2) is 33.0 Å². The van der Waals surface area contributed by atoms with Crippen LogP contribution in [-0.2, 0) is 17.6 Å². The highest BCUT2D eigenvalue weighted by Gasteiger charge is 2.49. The second kappa shape index (κ2) is 6.17. The molecule has 7 heteroatoms. The van der Waals surface area contributed by atoms with Crippen LogP contribution in [0, 0.1) is 5.41 Å². The molecule has 3 heterocycles. The van der Waals surface area contributed by atoms with Gasteiger partial charge in [0.1, 0.15) is 11.5 Å². The summed E-state index contributed by atoms with van der Waals surface area (Å²) in [7, 11) is 0. The van der Waals surface area contributed by atoms with Crippen molar-refractivity contribution in [2.24, 2.45) is 5.41 Å². The number of imidazole rings is 1. The molecule has 2 aromatic heterocycles. The molecule has 1 unspecified atom stereocenters. The van der Waals surface area contributed by atoms with Crippen LogP contribution in [0.15, 0.2) is 48.8 Å². The zero-order valence-corrected chi connectivity index (χ0v) is 15.3. The number of carbonyl (C=O) groups is 2. The molecule has 1 fully saturated rings. The van der Waals surface area contributed by atoms with E-state index >= 15 is 0 Å². The Kier molecular flexibility index (Phi) is 3.73. The SMILES string of the molecule is O=C(NO)c1ccc2c(c1)CC1(CC2)CCN(c2cnc3ccccn23)C1=O. The molecule has 7 nitrogen and oxygen atoms in total. The average Bonchev–Trinajstić information content (AvgIpc) is 3.28. The molecule has 2 aliphatic rings. The summed E-state index contributed by atoms with van der Waals surface area (Å²) in [5.41, 5.74) is 4.64. The average molecular weight is 376 g/mol. The van der Waals surface area contributed by atoms with Gasteiger partial charge in [0.25, 0.3) is 5.91 Å². The van der Waals surface area contributed by atoms with Crippen molar-refractivity contribution in [1.29, 1.82) is 0 Å². The van der Waals surface area contributed by atoms with Gasteiger partial charge >= 0.3 is 0 Å². The standard InChI is InChI=1S/C21H20N4O3/c26-19(23-28)15-5-4-14-6-7-21(12-16(14)11-15)8-10-25(20(21)27)18-13-22-17-3-1-2-9-24(17)18/h1-5,9,11,13,28H,6-8,10,12H2,(H,23,26). The van der Waals surface area contributed by atoms with E-state index in [1.54, 1.807) is 23.8 Å². The molecule has 5 rings (SSSR count). The highest BCUT2D eigenvalue weighted by molar-refractivity contribution is 6.00. The van der Waals surface area contributed by atoms with Crippen molar-refractivity contribution in [3.8, 4) is 0 Å². The number of aromatic nitrogens is 2. The number of nitrogens with one attached hydrogen (secondary N) is 1. The first kappa shape index (κ1) is 16.9. The molecule has 0 radical (unpaired) electrons. The fraction of sp³-hybridized carbons (Fsp3) is 0.286. The van der Waals surface area contributed by atoms with Crippen molar-refractivity contribution < 1.29 is 14.8 Å². The Hall–Kier alpha value is -3.19. The van der Waals surface area contributed by atoms with Crippen LogP contribution in [0.3, 0.4) is 0 Å². The number of fused-ring (bicyclic) bond motifs is 2. The lowest BCUT2D eigenvalue weighted by Crippen LogP contribution is -2.39. The fourth-order valence-electron chi connectivity index (χ4n) is 4.62. The molecule has 1 aromatic carbocycles. The van der Waals surface area contributed by atoms with Crippen LogP contribution in [0.25, 0.3) is 5.65 Å². The van der Waals surface area contributed by atoms with Crippen molar-refractivity contribution in [2.75, 3.05) is 11.4 Å². The van der Waals surface area contributed by atoms with Gasteiger partial charge in [-0.25, -0.2) is 10.5 Å². The predicted octanol–water partition coefficient (Wildman–Crippen LogP) is 2.37. The molecule has 0 saturated carbocycles. The molecule has 28 heavy (non-hydrogen) atoms. The molecule has 142 valence electrons. The summed E-state index contributed by atoms with van der Waals surface area (Å²) in [6.07, 6.45) is 6.68. The summed E-state index contributed by atoms with van der Waals surface area (Å²) < 4.78 is 1.94. The Morgan fingerprint density at radius 2 is 2.07 bits per heavy atom. The lowest BCUT2D eigenvalue weighted by molar-refractivity contribution is -0.126. The van der Waals surface area contributed by atoms with E-state index in [-0.39, 0.29) is 5.91 Å². The number of carbonyl (C=O) groups excluding carboxylic acids is 2. The Bertz CT molecular complexity index is 1110. The monoisotopic (exact) mass is 376 g/mol. The first-order valence-electron chi connectivity index (χ1n) is 9.42. The molecule has 1 atom stereocenters. The summed E-state index contributed by atoms with van der Waals surface area (Å²) >= 11 is 0. The van der Waals surface area contributed by atoms with Gasteiger partial charge in [0.2, 0.25) is 5.91 Å². The van der Waals surface area contributed by atoms with Crippen molar-refractivity contribution >= 4 is 23.3 Å². The fourth-order valence-corrected chi connectivity index (χ4v) is 4.62. The zero-order valence-electron chi connectivity index (χ0n) is 15.3. The van der Waals surface area contributed by atoms with Gasteiger partial charge in [0.05, 0.1) is 11.6 Å². The van der Waals surface area contributed by atoms with Gasteiger partial charge in [-0.15, -0.1) is 0 Å². The van der Waals surface area contributed by atoms with Crippen LogP contribution in [0.4, 0.5) is 5.82 Å². The van der Waals surface area contributed by atoms with Gasteiger partial charge in [0.15, 0.2) is 0 Å². The van der Waals surface area contributed by atoms with Crippen LogP contribution < -0.4 is 10.4 Å². The molecule has 2 N–H and O–H groups in total.